The van der Waals surface area contributed by atoms with Crippen LogP contribution >= 0.6 is 0 Å². The van der Waals surface area contributed by atoms with Gasteiger partial charge in [-0.1, -0.05) is 30.3 Å². The van der Waals surface area contributed by atoms with Crippen LogP contribution in [0.5, 0.6) is 0 Å². The van der Waals surface area contributed by atoms with Crippen LogP contribution in [0.3, 0.4) is 0 Å². The van der Waals surface area contributed by atoms with Crippen molar-refractivity contribution in [2.45, 2.75) is 32.3 Å². The number of rotatable bonds is 5. The summed E-state index contributed by atoms with van der Waals surface area (Å²) in [6.45, 7) is 6.13. The molecule has 0 saturated carbocycles. The highest BCUT2D eigenvalue weighted by Gasteiger charge is 2.29. The Morgan fingerprint density at radius 2 is 2.00 bits per heavy atom. The van der Waals surface area contributed by atoms with Gasteiger partial charge >= 0.3 is 0 Å². The summed E-state index contributed by atoms with van der Waals surface area (Å²) >= 11 is 0. The number of amides is 2. The van der Waals surface area contributed by atoms with Crippen molar-refractivity contribution in [2.75, 3.05) is 26.2 Å². The third kappa shape index (κ3) is 5.15. The Kier molecular flexibility index (Phi) is 5.55. The van der Waals surface area contributed by atoms with Gasteiger partial charge in [0, 0.05) is 26.1 Å². The van der Waals surface area contributed by atoms with Gasteiger partial charge in [0.25, 0.3) is 0 Å². The van der Waals surface area contributed by atoms with Crippen molar-refractivity contribution in [3.05, 3.63) is 35.9 Å². The summed E-state index contributed by atoms with van der Waals surface area (Å²) in [4.78, 5) is 25.8. The molecule has 0 spiro atoms. The number of hydrogen-bond donors (Lipinski definition) is 1. The molecule has 1 aliphatic heterocycles. The van der Waals surface area contributed by atoms with Crippen LogP contribution in [0.1, 0.15) is 25.8 Å². The van der Waals surface area contributed by atoms with E-state index in [1.165, 1.54) is 0 Å². The highest BCUT2D eigenvalue weighted by atomic mass is 16.5. The first-order valence-corrected chi connectivity index (χ1v) is 7.69. The molecule has 1 aromatic rings. The molecule has 22 heavy (non-hydrogen) atoms. The zero-order valence-corrected chi connectivity index (χ0v) is 13.3. The molecule has 0 aliphatic carbocycles. The molecule has 2 rings (SSSR count). The maximum Gasteiger partial charge on any atom is 0.224 e. The molecule has 0 atom stereocenters. The fourth-order valence-corrected chi connectivity index (χ4v) is 2.54. The summed E-state index contributed by atoms with van der Waals surface area (Å²) in [5.74, 6) is 0.0118. The Balaban J connectivity index is 1.69. The van der Waals surface area contributed by atoms with E-state index in [4.69, 9.17) is 4.74 Å². The number of benzene rings is 1. The van der Waals surface area contributed by atoms with Crippen LogP contribution in [-0.4, -0.2) is 48.6 Å². The van der Waals surface area contributed by atoms with Crippen molar-refractivity contribution in [1.82, 2.24) is 10.2 Å². The van der Waals surface area contributed by atoms with E-state index in [2.05, 4.69) is 5.32 Å². The predicted octanol–water partition coefficient (Wildman–Crippen LogP) is 1.37. The monoisotopic (exact) mass is 304 g/mol. The van der Waals surface area contributed by atoms with Gasteiger partial charge in [-0.05, 0) is 19.4 Å². The largest absolute Gasteiger partial charge is 0.372 e. The molecule has 5 nitrogen and oxygen atoms in total. The minimum absolute atomic E-state index is 0.0543. The number of carbonyl (C=O) groups is 2. The highest BCUT2D eigenvalue weighted by molar-refractivity contribution is 5.80. The lowest BCUT2D eigenvalue weighted by molar-refractivity contribution is -0.145. The van der Waals surface area contributed by atoms with E-state index in [0.29, 0.717) is 39.1 Å². The van der Waals surface area contributed by atoms with Gasteiger partial charge in [-0.2, -0.15) is 0 Å². The average molecular weight is 304 g/mol. The minimum atomic E-state index is -0.287. The number of nitrogens with zero attached hydrogens (tertiary/aromatic N) is 1. The van der Waals surface area contributed by atoms with Gasteiger partial charge in [0.1, 0.15) is 0 Å². The third-order valence-corrected chi connectivity index (χ3v) is 3.65. The lowest BCUT2D eigenvalue weighted by Gasteiger charge is -2.38. The quantitative estimate of drug-likeness (QED) is 0.894. The summed E-state index contributed by atoms with van der Waals surface area (Å²) in [6.07, 6.45) is 0.677. The topological polar surface area (TPSA) is 58.6 Å². The summed E-state index contributed by atoms with van der Waals surface area (Å²) < 4.78 is 5.59. The number of nitrogens with one attached hydrogen (secondary N) is 1. The third-order valence-electron chi connectivity index (χ3n) is 3.65. The van der Waals surface area contributed by atoms with E-state index in [1.807, 2.05) is 49.1 Å². The van der Waals surface area contributed by atoms with E-state index in [0.717, 1.165) is 5.56 Å². The van der Waals surface area contributed by atoms with Gasteiger partial charge in [-0.3, -0.25) is 9.59 Å². The molecule has 1 aliphatic rings. The van der Waals surface area contributed by atoms with Crippen molar-refractivity contribution in [2.24, 2.45) is 0 Å². The smallest absolute Gasteiger partial charge is 0.224 e. The van der Waals surface area contributed by atoms with Crippen molar-refractivity contribution in [3.63, 3.8) is 0 Å². The summed E-state index contributed by atoms with van der Waals surface area (Å²) in [7, 11) is 0. The second kappa shape index (κ2) is 7.40. The zero-order valence-electron chi connectivity index (χ0n) is 13.3. The predicted molar refractivity (Wildman–Crippen MR) is 84.4 cm³/mol. The number of hydrogen-bond acceptors (Lipinski definition) is 3. The summed E-state index contributed by atoms with van der Waals surface area (Å²) in [6, 6.07) is 9.57. The number of carbonyl (C=O) groups excluding carboxylic acids is 2. The van der Waals surface area contributed by atoms with Crippen LogP contribution in [0.4, 0.5) is 0 Å². The molecule has 0 bridgehead atoms. The highest BCUT2D eigenvalue weighted by Crippen LogP contribution is 2.16. The summed E-state index contributed by atoms with van der Waals surface area (Å²) in [5, 5.41) is 2.80. The van der Waals surface area contributed by atoms with Crippen LogP contribution in [0.15, 0.2) is 30.3 Å². The van der Waals surface area contributed by atoms with Gasteiger partial charge in [0.05, 0.1) is 18.6 Å². The van der Waals surface area contributed by atoms with Crippen LogP contribution in [-0.2, 0) is 20.7 Å². The van der Waals surface area contributed by atoms with Crippen molar-refractivity contribution in [3.8, 4) is 0 Å². The lowest BCUT2D eigenvalue weighted by Crippen LogP contribution is -2.51. The Bertz CT molecular complexity index is 514. The SMILES string of the molecule is CC1(C)CN(C(=O)CCNC(=O)Cc2ccccc2)CCO1. The van der Waals surface area contributed by atoms with E-state index >= 15 is 0 Å². The molecule has 0 radical (unpaired) electrons. The summed E-state index contributed by atoms with van der Waals surface area (Å²) in [5.41, 5.74) is 0.686. The molecular formula is C17H24N2O3. The van der Waals surface area contributed by atoms with Gasteiger partial charge in [-0.15, -0.1) is 0 Å². The van der Waals surface area contributed by atoms with Crippen LogP contribution in [0.2, 0.25) is 0 Å². The lowest BCUT2D eigenvalue weighted by atomic mass is 10.1. The fourth-order valence-electron chi connectivity index (χ4n) is 2.54. The van der Waals surface area contributed by atoms with E-state index in [1.54, 1.807) is 0 Å². The first-order valence-electron chi connectivity index (χ1n) is 7.69. The van der Waals surface area contributed by atoms with E-state index in [9.17, 15) is 9.59 Å². The zero-order chi connectivity index (χ0) is 16.0. The molecule has 2 amide bonds. The van der Waals surface area contributed by atoms with E-state index < -0.39 is 0 Å². The number of morpholine rings is 1. The molecule has 1 saturated heterocycles. The van der Waals surface area contributed by atoms with Gasteiger partial charge in [0.15, 0.2) is 0 Å². The molecule has 5 heteroatoms. The maximum absolute atomic E-state index is 12.1. The van der Waals surface area contributed by atoms with Crippen molar-refractivity contribution >= 4 is 11.8 Å². The van der Waals surface area contributed by atoms with Crippen molar-refractivity contribution < 1.29 is 14.3 Å². The molecule has 0 aromatic heterocycles. The molecule has 1 aromatic carbocycles. The second-order valence-corrected chi connectivity index (χ2v) is 6.19. The molecule has 1 N–H and O–H groups in total. The van der Waals surface area contributed by atoms with Gasteiger partial charge < -0.3 is 15.0 Å². The Hall–Kier alpha value is -1.88. The Labute approximate surface area is 131 Å². The second-order valence-electron chi connectivity index (χ2n) is 6.19. The fraction of sp³-hybridized carbons (Fsp3) is 0.529. The van der Waals surface area contributed by atoms with Gasteiger partial charge in [0.2, 0.25) is 11.8 Å². The first-order chi connectivity index (χ1) is 10.5. The maximum atomic E-state index is 12.1. The number of ether oxygens (including phenoxy) is 1. The average Bonchev–Trinajstić information content (AvgIpc) is 2.47. The molecule has 1 fully saturated rings. The molecule has 0 unspecified atom stereocenters. The van der Waals surface area contributed by atoms with Crippen LogP contribution < -0.4 is 5.32 Å². The Morgan fingerprint density at radius 3 is 2.68 bits per heavy atom. The molecule has 120 valence electrons. The van der Waals surface area contributed by atoms with Crippen LogP contribution in [0.25, 0.3) is 0 Å². The molecular weight excluding hydrogens is 280 g/mol. The van der Waals surface area contributed by atoms with Crippen LogP contribution in [0, 0.1) is 0 Å². The van der Waals surface area contributed by atoms with E-state index in [-0.39, 0.29) is 17.4 Å². The van der Waals surface area contributed by atoms with Crippen molar-refractivity contribution in [1.29, 1.82) is 0 Å². The molecule has 1 heterocycles. The Morgan fingerprint density at radius 1 is 1.27 bits per heavy atom. The first kappa shape index (κ1) is 16.5. The van der Waals surface area contributed by atoms with Gasteiger partial charge in [-0.25, -0.2) is 0 Å². The standard InChI is InChI=1S/C17H24N2O3/c1-17(2)13-19(10-11-22-17)16(21)8-9-18-15(20)12-14-6-4-3-5-7-14/h3-7H,8-13H2,1-2H3,(H,18,20). The minimum Gasteiger partial charge on any atom is -0.372 e. The normalized spacial score (nSPS) is 17.1.